The van der Waals surface area contributed by atoms with Crippen LogP contribution in [0.2, 0.25) is 0 Å². The average Bonchev–Trinajstić information content (AvgIpc) is 3.23. The lowest BCUT2D eigenvalue weighted by molar-refractivity contribution is -0.385. The third-order valence-electron chi connectivity index (χ3n) is 5.43. The number of benzene rings is 3. The first-order valence-corrected chi connectivity index (χ1v) is 11.3. The lowest BCUT2D eigenvalue weighted by Gasteiger charge is -2.11. The van der Waals surface area contributed by atoms with Crippen molar-refractivity contribution in [2.75, 3.05) is 11.9 Å². The van der Waals surface area contributed by atoms with Crippen molar-refractivity contribution in [1.82, 2.24) is 10.3 Å². The van der Waals surface area contributed by atoms with Crippen LogP contribution >= 0.6 is 12.2 Å². The highest BCUT2D eigenvalue weighted by atomic mass is 32.1. The van der Waals surface area contributed by atoms with E-state index in [0.717, 1.165) is 17.2 Å². The van der Waals surface area contributed by atoms with Crippen LogP contribution in [-0.4, -0.2) is 32.6 Å². The van der Waals surface area contributed by atoms with Gasteiger partial charge in [-0.1, -0.05) is 0 Å². The Morgan fingerprint density at radius 3 is 2.64 bits per heavy atom. The molecule has 3 N–H and O–H groups in total. The summed E-state index contributed by atoms with van der Waals surface area (Å²) in [6, 6.07) is 12.3. The van der Waals surface area contributed by atoms with Gasteiger partial charge in [0.2, 0.25) is 5.89 Å². The summed E-state index contributed by atoms with van der Waals surface area (Å²) in [7, 11) is 0. The van der Waals surface area contributed by atoms with Crippen molar-refractivity contribution < 1.29 is 24.0 Å². The molecule has 0 saturated carbocycles. The number of phenols is 1. The molecule has 0 aliphatic heterocycles. The van der Waals surface area contributed by atoms with Gasteiger partial charge in [0.1, 0.15) is 11.3 Å². The summed E-state index contributed by atoms with van der Waals surface area (Å²) < 4.78 is 11.1. The fourth-order valence-electron chi connectivity index (χ4n) is 3.50. The third kappa shape index (κ3) is 5.10. The van der Waals surface area contributed by atoms with Crippen LogP contribution in [0.5, 0.6) is 11.5 Å². The Labute approximate surface area is 211 Å². The van der Waals surface area contributed by atoms with Crippen molar-refractivity contribution in [3.63, 3.8) is 0 Å². The van der Waals surface area contributed by atoms with E-state index in [1.165, 1.54) is 18.2 Å². The number of aryl methyl sites for hydroxylation is 2. The minimum atomic E-state index is -0.637. The largest absolute Gasteiger partial charge is 0.507 e. The number of nitrogens with zero attached hydrogens (tertiary/aromatic N) is 2. The number of aromatic hydroxyl groups is 1. The van der Waals surface area contributed by atoms with Crippen LogP contribution in [0, 0.1) is 24.0 Å². The summed E-state index contributed by atoms with van der Waals surface area (Å²) in [5.41, 5.74) is 3.90. The van der Waals surface area contributed by atoms with Crippen LogP contribution in [0.15, 0.2) is 52.9 Å². The van der Waals surface area contributed by atoms with Gasteiger partial charge in [-0.2, -0.15) is 0 Å². The van der Waals surface area contributed by atoms with Gasteiger partial charge in [-0.25, -0.2) is 4.98 Å². The number of fused-ring (bicyclic) bond motifs is 1. The van der Waals surface area contributed by atoms with E-state index in [4.69, 9.17) is 21.4 Å². The number of carbonyl (C=O) groups is 1. The summed E-state index contributed by atoms with van der Waals surface area (Å²) in [5, 5.41) is 27.0. The SMILES string of the molecule is CCOc1ccc(C(=O)NC(=S)Nc2ccc(O)c(-c3nc4cc(C)c(C)cc4o3)c2)cc1[N+](=O)[O-]. The summed E-state index contributed by atoms with van der Waals surface area (Å²) in [4.78, 5) is 27.8. The molecule has 0 atom stereocenters. The predicted octanol–water partition coefficient (Wildman–Crippen LogP) is 5.25. The van der Waals surface area contributed by atoms with Crippen LogP contribution in [0.4, 0.5) is 11.4 Å². The van der Waals surface area contributed by atoms with E-state index in [0.29, 0.717) is 22.4 Å². The molecular weight excluding hydrogens is 484 g/mol. The molecule has 0 unspecified atom stereocenters. The van der Waals surface area contributed by atoms with E-state index in [1.54, 1.807) is 19.1 Å². The monoisotopic (exact) mass is 506 g/mol. The number of hydrogen-bond acceptors (Lipinski definition) is 8. The van der Waals surface area contributed by atoms with E-state index in [-0.39, 0.29) is 40.4 Å². The topological polar surface area (TPSA) is 140 Å². The first-order valence-electron chi connectivity index (χ1n) is 10.9. The molecule has 0 fully saturated rings. The number of carbonyl (C=O) groups excluding carboxylic acids is 1. The van der Waals surface area contributed by atoms with Crippen LogP contribution in [0.25, 0.3) is 22.6 Å². The molecule has 0 bridgehead atoms. The molecule has 1 aromatic heterocycles. The quantitative estimate of drug-likeness (QED) is 0.138. The van der Waals surface area contributed by atoms with Crippen LogP contribution in [0.3, 0.4) is 0 Å². The Bertz CT molecular complexity index is 1480. The van der Waals surface area contributed by atoms with Gasteiger partial charge in [-0.3, -0.25) is 20.2 Å². The number of hydrogen-bond donors (Lipinski definition) is 3. The number of nitro groups is 1. The molecule has 4 rings (SSSR count). The molecule has 3 aromatic carbocycles. The first kappa shape index (κ1) is 24.6. The number of phenolic OH excluding ortho intramolecular Hbond substituents is 1. The van der Waals surface area contributed by atoms with Crippen molar-refractivity contribution in [2.45, 2.75) is 20.8 Å². The third-order valence-corrected chi connectivity index (χ3v) is 5.64. The number of nitrogens with one attached hydrogen (secondary N) is 2. The molecule has 1 amide bonds. The second-order valence-corrected chi connectivity index (χ2v) is 8.34. The number of rotatable bonds is 6. The van der Waals surface area contributed by atoms with E-state index in [2.05, 4.69) is 15.6 Å². The Kier molecular flexibility index (Phi) is 6.84. The number of aromatic nitrogens is 1. The van der Waals surface area contributed by atoms with Crippen molar-refractivity contribution in [3.8, 4) is 23.0 Å². The fraction of sp³-hybridized carbons (Fsp3) is 0.160. The van der Waals surface area contributed by atoms with Gasteiger partial charge < -0.3 is 19.6 Å². The molecular formula is C25H22N4O6S. The molecule has 10 nitrogen and oxygen atoms in total. The predicted molar refractivity (Wildman–Crippen MR) is 139 cm³/mol. The fourth-order valence-corrected chi connectivity index (χ4v) is 3.71. The summed E-state index contributed by atoms with van der Waals surface area (Å²) in [5.74, 6) is -0.381. The molecule has 0 aliphatic carbocycles. The maximum absolute atomic E-state index is 12.6. The van der Waals surface area contributed by atoms with E-state index >= 15 is 0 Å². The highest BCUT2D eigenvalue weighted by molar-refractivity contribution is 7.80. The number of oxazole rings is 1. The minimum absolute atomic E-state index is 0.0396. The summed E-state index contributed by atoms with van der Waals surface area (Å²) >= 11 is 5.23. The number of thiocarbonyl (C=S) groups is 1. The number of anilines is 1. The molecule has 4 aromatic rings. The number of nitro benzene ring substituents is 1. The van der Waals surface area contributed by atoms with Crippen LogP contribution in [-0.2, 0) is 0 Å². The molecule has 1 heterocycles. The Morgan fingerprint density at radius 2 is 1.92 bits per heavy atom. The van der Waals surface area contributed by atoms with Gasteiger partial charge in [0, 0.05) is 17.3 Å². The molecule has 0 spiro atoms. The summed E-state index contributed by atoms with van der Waals surface area (Å²) in [6.07, 6.45) is 0. The van der Waals surface area contributed by atoms with Gasteiger partial charge >= 0.3 is 5.69 Å². The van der Waals surface area contributed by atoms with E-state index in [9.17, 15) is 20.0 Å². The number of ether oxygens (including phenoxy) is 1. The van der Waals surface area contributed by atoms with Gasteiger partial charge in [-0.15, -0.1) is 0 Å². The smallest absolute Gasteiger partial charge is 0.311 e. The Morgan fingerprint density at radius 1 is 1.17 bits per heavy atom. The number of amides is 1. The lowest BCUT2D eigenvalue weighted by Crippen LogP contribution is -2.34. The van der Waals surface area contributed by atoms with Crippen LogP contribution in [0.1, 0.15) is 28.4 Å². The molecule has 0 saturated heterocycles. The van der Waals surface area contributed by atoms with Gasteiger partial charge in [0.05, 0.1) is 17.1 Å². The highest BCUT2D eigenvalue weighted by Crippen LogP contribution is 2.34. The summed E-state index contributed by atoms with van der Waals surface area (Å²) in [6.45, 7) is 5.90. The van der Waals surface area contributed by atoms with Crippen molar-refractivity contribution in [3.05, 3.63) is 75.3 Å². The molecule has 0 aliphatic rings. The molecule has 36 heavy (non-hydrogen) atoms. The zero-order valence-electron chi connectivity index (χ0n) is 19.6. The zero-order valence-corrected chi connectivity index (χ0v) is 20.4. The minimum Gasteiger partial charge on any atom is -0.507 e. The second-order valence-electron chi connectivity index (χ2n) is 7.94. The van der Waals surface area contributed by atoms with Crippen molar-refractivity contribution in [1.29, 1.82) is 0 Å². The average molecular weight is 507 g/mol. The molecule has 0 radical (unpaired) electrons. The maximum Gasteiger partial charge on any atom is 0.311 e. The van der Waals surface area contributed by atoms with Gasteiger partial charge in [0.15, 0.2) is 16.4 Å². The second kappa shape index (κ2) is 10.0. The normalized spacial score (nSPS) is 10.8. The standard InChI is InChI=1S/C25H22N4O6S/c1-4-34-21-8-5-15(11-19(21)29(32)33)23(31)28-25(36)26-16-6-7-20(30)17(12-16)24-27-18-9-13(2)14(3)10-22(18)35-24/h5-12,30H,4H2,1-3H3,(H2,26,28,31,36). The maximum atomic E-state index is 12.6. The van der Waals surface area contributed by atoms with Crippen molar-refractivity contribution >= 4 is 45.7 Å². The zero-order chi connectivity index (χ0) is 26.0. The Balaban J connectivity index is 1.52. The Hall–Kier alpha value is -4.51. The molecule has 184 valence electrons. The first-order chi connectivity index (χ1) is 17.2. The van der Waals surface area contributed by atoms with Gasteiger partial charge in [-0.05, 0) is 86.6 Å². The molecule has 11 heteroatoms. The van der Waals surface area contributed by atoms with E-state index in [1.807, 2.05) is 26.0 Å². The van der Waals surface area contributed by atoms with Crippen molar-refractivity contribution in [2.24, 2.45) is 0 Å². The van der Waals surface area contributed by atoms with Gasteiger partial charge in [0.25, 0.3) is 5.91 Å². The highest BCUT2D eigenvalue weighted by Gasteiger charge is 2.20. The van der Waals surface area contributed by atoms with E-state index < -0.39 is 10.8 Å². The van der Waals surface area contributed by atoms with Crippen LogP contribution < -0.4 is 15.4 Å². The lowest BCUT2D eigenvalue weighted by atomic mass is 10.1.